The Bertz CT molecular complexity index is 593. The fraction of sp³-hybridized carbons (Fsp3) is 0.333. The van der Waals surface area contributed by atoms with Crippen LogP contribution in [-0.4, -0.2) is 23.1 Å². The lowest BCUT2D eigenvalue weighted by atomic mass is 10.1. The largest absolute Gasteiger partial charge is 0.381 e. The topological polar surface area (TPSA) is 63.8 Å². The van der Waals surface area contributed by atoms with Gasteiger partial charge in [-0.05, 0) is 25.0 Å². The maximum absolute atomic E-state index is 5.95. The van der Waals surface area contributed by atoms with E-state index in [4.69, 9.17) is 22.3 Å². The number of aromatic nitrogens is 2. The molecular weight excluding hydrogens is 272 g/mol. The number of nitrogens with two attached hydrogens (primary N) is 1. The second-order valence-electron chi connectivity index (χ2n) is 4.99. The molecule has 3 rings (SSSR count). The molecule has 0 saturated heterocycles. The van der Waals surface area contributed by atoms with Gasteiger partial charge < -0.3 is 11.1 Å². The van der Waals surface area contributed by atoms with Crippen molar-refractivity contribution in [3.05, 3.63) is 41.3 Å². The van der Waals surface area contributed by atoms with Crippen molar-refractivity contribution in [3.63, 3.8) is 0 Å². The van der Waals surface area contributed by atoms with Crippen LogP contribution in [0.4, 0.5) is 5.69 Å². The van der Waals surface area contributed by atoms with Gasteiger partial charge in [0.1, 0.15) is 5.82 Å². The first kappa shape index (κ1) is 13.3. The van der Waals surface area contributed by atoms with Gasteiger partial charge in [0, 0.05) is 29.6 Å². The third-order valence-electron chi connectivity index (χ3n) is 3.33. The van der Waals surface area contributed by atoms with E-state index in [0.717, 1.165) is 27.8 Å². The van der Waals surface area contributed by atoms with Crippen molar-refractivity contribution in [3.8, 4) is 11.3 Å². The Morgan fingerprint density at radius 1 is 1.25 bits per heavy atom. The number of hydrogen-bond donors (Lipinski definition) is 2. The number of halogens is 1. The summed E-state index contributed by atoms with van der Waals surface area (Å²) in [5.74, 6) is 1.47. The summed E-state index contributed by atoms with van der Waals surface area (Å²) in [4.78, 5) is 9.19. The normalized spacial score (nSPS) is 14.3. The van der Waals surface area contributed by atoms with Crippen molar-refractivity contribution >= 4 is 17.3 Å². The minimum Gasteiger partial charge on any atom is -0.381 e. The highest BCUT2D eigenvalue weighted by Gasteiger charge is 2.27. The Morgan fingerprint density at radius 2 is 2.00 bits per heavy atom. The Kier molecular flexibility index (Phi) is 3.85. The van der Waals surface area contributed by atoms with E-state index >= 15 is 0 Å². The summed E-state index contributed by atoms with van der Waals surface area (Å²) in [6, 6.07) is 7.72. The monoisotopic (exact) mass is 288 g/mol. The van der Waals surface area contributed by atoms with Gasteiger partial charge in [0.25, 0.3) is 0 Å². The molecule has 1 aromatic heterocycles. The van der Waals surface area contributed by atoms with Gasteiger partial charge in [0.15, 0.2) is 0 Å². The summed E-state index contributed by atoms with van der Waals surface area (Å²) in [7, 11) is 0. The molecule has 0 aliphatic heterocycles. The number of benzene rings is 1. The molecule has 0 bridgehead atoms. The fourth-order valence-electron chi connectivity index (χ4n) is 2.10. The second kappa shape index (κ2) is 5.77. The molecule has 1 aliphatic carbocycles. The summed E-state index contributed by atoms with van der Waals surface area (Å²) >= 11 is 5.95. The average molecular weight is 289 g/mol. The highest BCUT2D eigenvalue weighted by molar-refractivity contribution is 6.30. The van der Waals surface area contributed by atoms with Crippen LogP contribution in [-0.2, 0) is 0 Å². The number of rotatable bonds is 5. The summed E-state index contributed by atoms with van der Waals surface area (Å²) in [6.45, 7) is 1.27. The van der Waals surface area contributed by atoms with Gasteiger partial charge in [-0.2, -0.15) is 0 Å². The van der Waals surface area contributed by atoms with Crippen molar-refractivity contribution < 1.29 is 0 Å². The van der Waals surface area contributed by atoms with Crippen LogP contribution < -0.4 is 11.1 Å². The lowest BCUT2D eigenvalue weighted by Crippen LogP contribution is -2.14. The minimum absolute atomic E-state index is 0.532. The molecule has 1 saturated carbocycles. The molecule has 0 spiro atoms. The summed E-state index contributed by atoms with van der Waals surface area (Å²) in [5, 5.41) is 4.00. The van der Waals surface area contributed by atoms with Gasteiger partial charge in [0.05, 0.1) is 17.6 Å². The molecule has 0 unspecified atom stereocenters. The summed E-state index contributed by atoms with van der Waals surface area (Å²) in [5.41, 5.74) is 8.43. The van der Waals surface area contributed by atoms with E-state index < -0.39 is 0 Å². The number of nitrogens with one attached hydrogen (secondary N) is 1. The SMILES string of the molecule is NCCNc1cnc(C2CC2)nc1-c1ccc(Cl)cc1. The standard InChI is InChI=1S/C15H17ClN4/c16-12-5-3-10(4-6-12)14-13(18-8-7-17)9-19-15(20-14)11-1-2-11/h3-6,9,11,18H,1-2,7-8,17H2. The van der Waals surface area contributed by atoms with E-state index in [1.165, 1.54) is 12.8 Å². The molecule has 4 nitrogen and oxygen atoms in total. The molecule has 0 amide bonds. The van der Waals surface area contributed by atoms with E-state index in [1.807, 2.05) is 30.5 Å². The molecule has 2 aromatic rings. The number of anilines is 1. The molecule has 1 fully saturated rings. The molecule has 5 heteroatoms. The minimum atomic E-state index is 0.532. The van der Waals surface area contributed by atoms with Crippen LogP contribution in [0, 0.1) is 0 Å². The zero-order chi connectivity index (χ0) is 13.9. The van der Waals surface area contributed by atoms with Crippen LogP contribution in [0.3, 0.4) is 0 Å². The summed E-state index contributed by atoms with van der Waals surface area (Å²) < 4.78 is 0. The third-order valence-corrected chi connectivity index (χ3v) is 3.58. The number of hydrogen-bond acceptors (Lipinski definition) is 4. The Hall–Kier alpha value is -1.65. The molecule has 104 valence electrons. The van der Waals surface area contributed by atoms with Crippen LogP contribution in [0.1, 0.15) is 24.6 Å². The smallest absolute Gasteiger partial charge is 0.132 e. The van der Waals surface area contributed by atoms with Crippen molar-refractivity contribution in [1.82, 2.24) is 9.97 Å². The molecule has 1 heterocycles. The van der Waals surface area contributed by atoms with Gasteiger partial charge in [-0.15, -0.1) is 0 Å². The first-order chi connectivity index (χ1) is 9.78. The highest BCUT2D eigenvalue weighted by atomic mass is 35.5. The zero-order valence-corrected chi connectivity index (χ0v) is 11.9. The average Bonchev–Trinajstić information content (AvgIpc) is 3.30. The quantitative estimate of drug-likeness (QED) is 0.887. The predicted octanol–water partition coefficient (Wildman–Crippen LogP) is 3.05. The fourth-order valence-corrected chi connectivity index (χ4v) is 2.22. The molecular formula is C15H17ClN4. The van der Waals surface area contributed by atoms with E-state index in [9.17, 15) is 0 Å². The lowest BCUT2D eigenvalue weighted by Gasteiger charge is -2.12. The number of nitrogens with zero attached hydrogens (tertiary/aromatic N) is 2. The van der Waals surface area contributed by atoms with Crippen LogP contribution in [0.15, 0.2) is 30.5 Å². The second-order valence-corrected chi connectivity index (χ2v) is 5.42. The van der Waals surface area contributed by atoms with Crippen molar-refractivity contribution in [2.24, 2.45) is 5.73 Å². The van der Waals surface area contributed by atoms with E-state index in [0.29, 0.717) is 19.0 Å². The van der Waals surface area contributed by atoms with Crippen LogP contribution in [0.5, 0.6) is 0 Å². The van der Waals surface area contributed by atoms with Gasteiger partial charge >= 0.3 is 0 Å². The Balaban J connectivity index is 1.99. The van der Waals surface area contributed by atoms with Gasteiger partial charge in [-0.1, -0.05) is 23.7 Å². The lowest BCUT2D eigenvalue weighted by molar-refractivity contribution is 0.925. The van der Waals surface area contributed by atoms with Gasteiger partial charge in [-0.25, -0.2) is 9.97 Å². The molecule has 1 aliphatic rings. The van der Waals surface area contributed by atoms with Crippen LogP contribution in [0.2, 0.25) is 5.02 Å². The third kappa shape index (κ3) is 2.92. The Morgan fingerprint density at radius 3 is 2.65 bits per heavy atom. The maximum Gasteiger partial charge on any atom is 0.132 e. The zero-order valence-electron chi connectivity index (χ0n) is 11.1. The highest BCUT2D eigenvalue weighted by Crippen LogP contribution is 2.39. The molecule has 0 radical (unpaired) electrons. The molecule has 3 N–H and O–H groups in total. The van der Waals surface area contributed by atoms with Crippen molar-refractivity contribution in [2.45, 2.75) is 18.8 Å². The molecule has 20 heavy (non-hydrogen) atoms. The summed E-state index contributed by atoms with van der Waals surface area (Å²) in [6.07, 6.45) is 4.24. The van der Waals surface area contributed by atoms with Crippen LogP contribution >= 0.6 is 11.6 Å². The van der Waals surface area contributed by atoms with Crippen molar-refractivity contribution in [1.29, 1.82) is 0 Å². The van der Waals surface area contributed by atoms with Crippen molar-refractivity contribution in [2.75, 3.05) is 18.4 Å². The first-order valence-corrected chi connectivity index (χ1v) is 7.22. The van der Waals surface area contributed by atoms with Gasteiger partial charge in [0.2, 0.25) is 0 Å². The van der Waals surface area contributed by atoms with E-state index in [-0.39, 0.29) is 0 Å². The molecule has 0 atom stereocenters. The predicted molar refractivity (Wildman–Crippen MR) is 82.0 cm³/mol. The molecule has 1 aromatic carbocycles. The maximum atomic E-state index is 5.95. The first-order valence-electron chi connectivity index (χ1n) is 6.85. The Labute approximate surface area is 123 Å². The van der Waals surface area contributed by atoms with E-state index in [1.54, 1.807) is 0 Å². The van der Waals surface area contributed by atoms with E-state index in [2.05, 4.69) is 10.3 Å². The van der Waals surface area contributed by atoms with Crippen LogP contribution in [0.25, 0.3) is 11.3 Å². The van der Waals surface area contributed by atoms with Gasteiger partial charge in [-0.3, -0.25) is 0 Å².